The van der Waals surface area contributed by atoms with Crippen LogP contribution in [0, 0.1) is 0 Å². The maximum atomic E-state index is 5.71. The molecule has 0 atom stereocenters. The van der Waals surface area contributed by atoms with Crippen molar-refractivity contribution < 1.29 is 9.47 Å². The van der Waals surface area contributed by atoms with Crippen molar-refractivity contribution in [2.45, 2.75) is 46.2 Å². The third-order valence-electron chi connectivity index (χ3n) is 6.01. The molecule has 0 N–H and O–H groups in total. The van der Waals surface area contributed by atoms with Gasteiger partial charge < -0.3 is 18.6 Å². The maximum Gasteiger partial charge on any atom is 0.190 e. The predicted octanol–water partition coefficient (Wildman–Crippen LogP) is 5.88. The summed E-state index contributed by atoms with van der Waals surface area (Å²) in [5.41, 5.74) is 5.73. The van der Waals surface area contributed by atoms with E-state index >= 15 is 0 Å². The molecule has 0 bridgehead atoms. The first-order valence-electron chi connectivity index (χ1n) is 11.7. The lowest BCUT2D eigenvalue weighted by molar-refractivity contribution is 0.404. The minimum Gasteiger partial charge on any atom is -0.497 e. The van der Waals surface area contributed by atoms with Crippen molar-refractivity contribution in [1.82, 2.24) is 14.1 Å². The Balaban J connectivity index is 1.84. The van der Waals surface area contributed by atoms with Gasteiger partial charge in [0.05, 0.1) is 31.9 Å². The van der Waals surface area contributed by atoms with E-state index in [0.29, 0.717) is 0 Å². The van der Waals surface area contributed by atoms with Gasteiger partial charge in [0.2, 0.25) is 0 Å². The van der Waals surface area contributed by atoms with Crippen LogP contribution in [0.15, 0.2) is 65.5 Å². The lowest BCUT2D eigenvalue weighted by atomic mass is 10.0. The normalized spacial score (nSPS) is 11.7. The number of nitrogens with zero attached hydrogens (tertiary/aromatic N) is 4. The minimum absolute atomic E-state index is 0.801. The van der Waals surface area contributed by atoms with Crippen molar-refractivity contribution in [2.75, 3.05) is 14.2 Å². The Morgan fingerprint density at radius 2 is 1.79 bits per heavy atom. The molecule has 2 heterocycles. The highest BCUT2D eigenvalue weighted by Gasteiger charge is 2.15. The van der Waals surface area contributed by atoms with Gasteiger partial charge in [-0.1, -0.05) is 32.0 Å². The van der Waals surface area contributed by atoms with Crippen LogP contribution >= 0.6 is 11.3 Å². The summed E-state index contributed by atoms with van der Waals surface area (Å²) in [6.07, 6.45) is 8.54. The molecule has 0 fully saturated rings. The molecule has 178 valence electrons. The molecule has 2 aromatic carbocycles. The summed E-state index contributed by atoms with van der Waals surface area (Å²) in [6, 6.07) is 12.4. The summed E-state index contributed by atoms with van der Waals surface area (Å²) in [7, 11) is 3.39. The standard InChI is InChI=1S/C27H32N4O2S/c1-5-20-9-7-10-21(6-2)26(20)29-27-31(15-8-14-30-16-13-28-19-30)24(18-34-27)23-17-22(32-3)11-12-25(23)33-4/h7,9-13,16-19H,5-6,8,14-15H2,1-4H3. The molecule has 7 heteroatoms. The molecule has 0 saturated heterocycles. The van der Waals surface area contributed by atoms with Gasteiger partial charge in [0.1, 0.15) is 11.5 Å². The molecular weight excluding hydrogens is 444 g/mol. The number of thiazole rings is 1. The van der Waals surface area contributed by atoms with Crippen molar-refractivity contribution in [1.29, 1.82) is 0 Å². The predicted molar refractivity (Wildman–Crippen MR) is 138 cm³/mol. The second-order valence-electron chi connectivity index (χ2n) is 8.02. The average Bonchev–Trinajstić information content (AvgIpc) is 3.54. The summed E-state index contributed by atoms with van der Waals surface area (Å²) >= 11 is 1.67. The molecule has 6 nitrogen and oxygen atoms in total. The molecule has 0 amide bonds. The van der Waals surface area contributed by atoms with E-state index in [1.165, 1.54) is 11.1 Å². The molecule has 2 aromatic heterocycles. The van der Waals surface area contributed by atoms with Gasteiger partial charge in [0.15, 0.2) is 4.80 Å². The Hall–Kier alpha value is -3.32. The Labute approximate surface area is 205 Å². The first kappa shape index (κ1) is 23.8. The fourth-order valence-corrected chi connectivity index (χ4v) is 5.08. The van der Waals surface area contributed by atoms with Crippen LogP contribution in [-0.4, -0.2) is 28.3 Å². The summed E-state index contributed by atoms with van der Waals surface area (Å²) in [5, 5.41) is 2.17. The summed E-state index contributed by atoms with van der Waals surface area (Å²) in [5.74, 6) is 1.62. The average molecular weight is 477 g/mol. The van der Waals surface area contributed by atoms with Crippen molar-refractivity contribution in [3.8, 4) is 22.8 Å². The largest absolute Gasteiger partial charge is 0.497 e. The fourth-order valence-electron chi connectivity index (χ4n) is 4.15. The molecular formula is C27H32N4O2S. The fraction of sp³-hybridized carbons (Fsp3) is 0.333. The monoisotopic (exact) mass is 476 g/mol. The van der Waals surface area contributed by atoms with E-state index in [2.05, 4.69) is 51.5 Å². The van der Waals surface area contributed by atoms with Gasteiger partial charge >= 0.3 is 0 Å². The Morgan fingerprint density at radius 3 is 2.44 bits per heavy atom. The molecule has 0 aliphatic heterocycles. The first-order valence-corrected chi connectivity index (χ1v) is 12.6. The second-order valence-corrected chi connectivity index (χ2v) is 8.86. The van der Waals surface area contributed by atoms with Crippen molar-refractivity contribution in [2.24, 2.45) is 4.99 Å². The maximum absolute atomic E-state index is 5.71. The Morgan fingerprint density at radius 1 is 1.00 bits per heavy atom. The van der Waals surface area contributed by atoms with Gasteiger partial charge in [0, 0.05) is 36.4 Å². The molecule has 0 spiro atoms. The highest BCUT2D eigenvalue weighted by Crippen LogP contribution is 2.34. The molecule has 0 radical (unpaired) electrons. The smallest absolute Gasteiger partial charge is 0.190 e. The number of aryl methyl sites for hydroxylation is 3. The van der Waals surface area contributed by atoms with E-state index in [0.717, 1.165) is 65.6 Å². The molecule has 0 unspecified atom stereocenters. The van der Waals surface area contributed by atoms with Gasteiger partial charge in [0.25, 0.3) is 0 Å². The highest BCUT2D eigenvalue weighted by molar-refractivity contribution is 7.07. The highest BCUT2D eigenvalue weighted by atomic mass is 32.1. The van der Waals surface area contributed by atoms with E-state index in [-0.39, 0.29) is 0 Å². The number of hydrogen-bond donors (Lipinski definition) is 0. The van der Waals surface area contributed by atoms with Crippen LogP contribution < -0.4 is 14.3 Å². The van der Waals surface area contributed by atoms with Crippen LogP contribution in [0.4, 0.5) is 5.69 Å². The van der Waals surface area contributed by atoms with Gasteiger partial charge in [-0.25, -0.2) is 9.98 Å². The molecule has 0 aliphatic carbocycles. The van der Waals surface area contributed by atoms with E-state index < -0.39 is 0 Å². The Kier molecular flexibility index (Phi) is 7.85. The summed E-state index contributed by atoms with van der Waals surface area (Å²) < 4.78 is 15.6. The van der Waals surface area contributed by atoms with Crippen LogP contribution in [0.1, 0.15) is 31.4 Å². The summed E-state index contributed by atoms with van der Waals surface area (Å²) in [4.78, 5) is 10.4. The lowest BCUT2D eigenvalue weighted by Crippen LogP contribution is -2.17. The number of aromatic nitrogens is 3. The van der Waals surface area contributed by atoms with Crippen LogP contribution in [0.2, 0.25) is 0 Å². The topological polar surface area (TPSA) is 53.6 Å². The van der Waals surface area contributed by atoms with Crippen molar-refractivity contribution in [3.05, 3.63) is 76.4 Å². The van der Waals surface area contributed by atoms with Crippen LogP contribution in [0.25, 0.3) is 11.3 Å². The van der Waals surface area contributed by atoms with E-state index in [9.17, 15) is 0 Å². The third-order valence-corrected chi connectivity index (χ3v) is 6.87. The number of para-hydroxylation sites is 1. The van der Waals surface area contributed by atoms with Gasteiger partial charge in [-0.3, -0.25) is 0 Å². The van der Waals surface area contributed by atoms with Crippen molar-refractivity contribution >= 4 is 17.0 Å². The van der Waals surface area contributed by atoms with E-state index in [1.807, 2.05) is 36.9 Å². The quantitative estimate of drug-likeness (QED) is 0.287. The molecule has 4 aromatic rings. The number of benzene rings is 2. The zero-order chi connectivity index (χ0) is 23.9. The van der Waals surface area contributed by atoms with Gasteiger partial charge in [-0.2, -0.15) is 0 Å². The van der Waals surface area contributed by atoms with Gasteiger partial charge in [-0.15, -0.1) is 11.3 Å². The Bertz CT molecular complexity index is 1270. The first-order chi connectivity index (χ1) is 16.7. The third kappa shape index (κ3) is 5.09. The lowest BCUT2D eigenvalue weighted by Gasteiger charge is -2.14. The number of methoxy groups -OCH3 is 2. The van der Waals surface area contributed by atoms with Crippen molar-refractivity contribution in [3.63, 3.8) is 0 Å². The minimum atomic E-state index is 0.801. The summed E-state index contributed by atoms with van der Waals surface area (Å²) in [6.45, 7) is 6.09. The molecule has 34 heavy (non-hydrogen) atoms. The molecule has 0 saturated carbocycles. The number of rotatable bonds is 10. The van der Waals surface area contributed by atoms with Crippen LogP contribution in [-0.2, 0) is 25.9 Å². The number of imidazole rings is 1. The number of ether oxygens (including phenoxy) is 2. The SMILES string of the molecule is CCc1cccc(CC)c1N=c1scc(-c2cc(OC)ccc2OC)n1CCCn1ccnc1. The molecule has 4 rings (SSSR count). The van der Waals surface area contributed by atoms with Crippen LogP contribution in [0.3, 0.4) is 0 Å². The van der Waals surface area contributed by atoms with E-state index in [1.54, 1.807) is 25.6 Å². The zero-order valence-corrected chi connectivity index (χ0v) is 21.1. The number of hydrogen-bond acceptors (Lipinski definition) is 5. The second kappa shape index (κ2) is 11.2. The zero-order valence-electron chi connectivity index (χ0n) is 20.3. The van der Waals surface area contributed by atoms with E-state index in [4.69, 9.17) is 14.5 Å². The molecule has 0 aliphatic rings. The van der Waals surface area contributed by atoms with Gasteiger partial charge in [-0.05, 0) is 48.6 Å². The van der Waals surface area contributed by atoms with Crippen LogP contribution in [0.5, 0.6) is 11.5 Å².